The van der Waals surface area contributed by atoms with Crippen LogP contribution in [0.3, 0.4) is 0 Å². The zero-order valence-electron chi connectivity index (χ0n) is 15.4. The Morgan fingerprint density at radius 2 is 1.78 bits per heavy atom. The Morgan fingerprint density at radius 1 is 1.17 bits per heavy atom. The van der Waals surface area contributed by atoms with Gasteiger partial charge in [0, 0.05) is 26.3 Å². The Hall–Kier alpha value is -0.650. The van der Waals surface area contributed by atoms with E-state index in [-0.39, 0.29) is 23.8 Å². The van der Waals surface area contributed by atoms with Gasteiger partial charge in [0.05, 0.1) is 12.6 Å². The number of ether oxygens (including phenoxy) is 2. The van der Waals surface area contributed by atoms with Crippen molar-refractivity contribution < 1.29 is 14.3 Å². The molecule has 0 aromatic heterocycles. The Labute approximate surface area is 141 Å². The number of rotatable bonds is 5. The van der Waals surface area contributed by atoms with Gasteiger partial charge in [-0.25, -0.2) is 0 Å². The Balaban J connectivity index is 2.10. The van der Waals surface area contributed by atoms with Gasteiger partial charge in [0.25, 0.3) is 0 Å². The molecule has 2 rings (SSSR count). The van der Waals surface area contributed by atoms with Gasteiger partial charge in [0.1, 0.15) is 0 Å². The second kappa shape index (κ2) is 7.95. The molecule has 1 N–H and O–H groups in total. The highest BCUT2D eigenvalue weighted by Crippen LogP contribution is 2.38. The number of nitrogens with zero attached hydrogens (tertiary/aromatic N) is 1. The molecule has 1 amide bonds. The first-order valence-electron chi connectivity index (χ1n) is 8.95. The molecule has 1 aliphatic heterocycles. The van der Waals surface area contributed by atoms with Crippen LogP contribution in [-0.4, -0.2) is 56.0 Å². The first kappa shape index (κ1) is 18.7. The number of amides is 1. The lowest BCUT2D eigenvalue weighted by atomic mass is 9.72. The molecular formula is C18H34N2O3. The molecule has 0 radical (unpaired) electrons. The number of nitrogens with one attached hydrogen (secondary N) is 1. The molecule has 134 valence electrons. The number of fused-ring (bicyclic) bond motifs is 1. The largest absolute Gasteiger partial charge is 0.355 e. The Morgan fingerprint density at radius 3 is 2.35 bits per heavy atom. The fourth-order valence-corrected chi connectivity index (χ4v) is 4.06. The predicted molar refractivity (Wildman–Crippen MR) is 91.1 cm³/mol. The molecule has 0 unspecified atom stereocenters. The molecule has 1 saturated heterocycles. The molecule has 3 atom stereocenters. The summed E-state index contributed by atoms with van der Waals surface area (Å²) in [4.78, 5) is 15.1. The first-order valence-corrected chi connectivity index (χ1v) is 8.95. The van der Waals surface area contributed by atoms with Gasteiger partial charge in [-0.2, -0.15) is 0 Å². The van der Waals surface area contributed by atoms with Crippen molar-refractivity contribution >= 4 is 5.91 Å². The Bertz CT molecular complexity index is 390. The summed E-state index contributed by atoms with van der Waals surface area (Å²) in [5.74, 6) is 1.56. The van der Waals surface area contributed by atoms with E-state index >= 15 is 0 Å². The fourth-order valence-electron chi connectivity index (χ4n) is 4.06. The lowest BCUT2D eigenvalue weighted by molar-refractivity contribution is -0.145. The lowest BCUT2D eigenvalue weighted by Crippen LogP contribution is -2.58. The van der Waals surface area contributed by atoms with Gasteiger partial charge >= 0.3 is 0 Å². The van der Waals surface area contributed by atoms with Crippen molar-refractivity contribution in [2.75, 3.05) is 27.3 Å². The molecule has 23 heavy (non-hydrogen) atoms. The number of piperidine rings is 1. The van der Waals surface area contributed by atoms with Crippen LogP contribution in [0.1, 0.15) is 52.9 Å². The summed E-state index contributed by atoms with van der Waals surface area (Å²) in [6.07, 6.45) is 5.89. The Kier molecular flexibility index (Phi) is 6.46. The second-order valence-electron chi connectivity index (χ2n) is 8.15. The van der Waals surface area contributed by atoms with Crippen LogP contribution in [0.25, 0.3) is 0 Å². The van der Waals surface area contributed by atoms with Crippen molar-refractivity contribution in [3.63, 3.8) is 0 Å². The van der Waals surface area contributed by atoms with Gasteiger partial charge in [0.15, 0.2) is 6.29 Å². The maximum atomic E-state index is 12.8. The molecular weight excluding hydrogens is 292 g/mol. The molecule has 5 nitrogen and oxygen atoms in total. The average Bonchev–Trinajstić information content (AvgIpc) is 2.50. The summed E-state index contributed by atoms with van der Waals surface area (Å²) >= 11 is 0. The molecule has 0 aromatic rings. The summed E-state index contributed by atoms with van der Waals surface area (Å²) in [5, 5.41) is 3.16. The number of methoxy groups -OCH3 is 2. The SMILES string of the molecule is COC(CN1C[C@H]2CCCC[C@H]2C[C@H]1C(=O)NC(C)(C)C)OC. The van der Waals surface area contributed by atoms with Crippen molar-refractivity contribution in [3.8, 4) is 0 Å². The van der Waals surface area contributed by atoms with E-state index in [4.69, 9.17) is 9.47 Å². The van der Waals surface area contributed by atoms with Crippen molar-refractivity contribution in [1.29, 1.82) is 0 Å². The van der Waals surface area contributed by atoms with Crippen molar-refractivity contribution in [1.82, 2.24) is 10.2 Å². The van der Waals surface area contributed by atoms with Gasteiger partial charge in [-0.05, 0) is 45.4 Å². The van der Waals surface area contributed by atoms with Gasteiger partial charge in [-0.3, -0.25) is 9.69 Å². The van der Waals surface area contributed by atoms with Crippen molar-refractivity contribution in [2.45, 2.75) is 70.7 Å². The van der Waals surface area contributed by atoms with Crippen LogP contribution in [0.2, 0.25) is 0 Å². The lowest BCUT2D eigenvalue weighted by Gasteiger charge is -2.46. The smallest absolute Gasteiger partial charge is 0.237 e. The number of hydrogen-bond acceptors (Lipinski definition) is 4. The minimum Gasteiger partial charge on any atom is -0.355 e. The summed E-state index contributed by atoms with van der Waals surface area (Å²) in [5.41, 5.74) is -0.200. The average molecular weight is 326 g/mol. The monoisotopic (exact) mass is 326 g/mol. The molecule has 0 spiro atoms. The number of carbonyl (C=O) groups is 1. The van der Waals surface area contributed by atoms with Crippen LogP contribution < -0.4 is 5.32 Å². The zero-order valence-corrected chi connectivity index (χ0v) is 15.4. The molecule has 5 heteroatoms. The molecule has 0 bridgehead atoms. The predicted octanol–water partition coefficient (Wildman–Crippen LogP) is 2.40. The molecule has 1 saturated carbocycles. The number of carbonyl (C=O) groups excluding carboxylic acids is 1. The van der Waals surface area contributed by atoms with E-state index < -0.39 is 0 Å². The van der Waals surface area contributed by atoms with E-state index in [0.29, 0.717) is 12.5 Å². The summed E-state index contributed by atoms with van der Waals surface area (Å²) < 4.78 is 10.7. The van der Waals surface area contributed by atoms with Gasteiger partial charge in [-0.15, -0.1) is 0 Å². The molecule has 0 aromatic carbocycles. The van der Waals surface area contributed by atoms with Crippen molar-refractivity contribution in [3.05, 3.63) is 0 Å². The van der Waals surface area contributed by atoms with Gasteiger partial charge < -0.3 is 14.8 Å². The van der Waals surface area contributed by atoms with E-state index in [2.05, 4.69) is 10.2 Å². The van der Waals surface area contributed by atoms with Crippen LogP contribution in [0, 0.1) is 11.8 Å². The highest BCUT2D eigenvalue weighted by molar-refractivity contribution is 5.82. The topological polar surface area (TPSA) is 50.8 Å². The van der Waals surface area contributed by atoms with Gasteiger partial charge in [0.2, 0.25) is 5.91 Å². The number of likely N-dealkylation sites (tertiary alicyclic amines) is 1. The standard InChI is InChI=1S/C18H34N2O3/c1-18(2,3)19-17(21)15-10-13-8-6-7-9-14(13)11-20(15)12-16(22-4)23-5/h13-16H,6-12H2,1-5H3,(H,19,21)/t13-,14+,15-/m0/s1. The van der Waals surface area contributed by atoms with Crippen LogP contribution in [0.5, 0.6) is 0 Å². The van der Waals surface area contributed by atoms with E-state index in [1.807, 2.05) is 20.8 Å². The first-order chi connectivity index (χ1) is 10.8. The maximum Gasteiger partial charge on any atom is 0.237 e. The highest BCUT2D eigenvalue weighted by atomic mass is 16.7. The highest BCUT2D eigenvalue weighted by Gasteiger charge is 2.41. The summed E-state index contributed by atoms with van der Waals surface area (Å²) in [6.45, 7) is 7.74. The summed E-state index contributed by atoms with van der Waals surface area (Å²) in [7, 11) is 3.32. The normalized spacial score (nSPS) is 29.4. The third-order valence-corrected chi connectivity index (χ3v) is 5.21. The zero-order chi connectivity index (χ0) is 17.0. The van der Waals surface area contributed by atoms with Crippen molar-refractivity contribution in [2.24, 2.45) is 11.8 Å². The van der Waals surface area contributed by atoms with Gasteiger partial charge in [-0.1, -0.05) is 19.3 Å². The van der Waals surface area contributed by atoms with Crippen LogP contribution in [0.4, 0.5) is 0 Å². The number of hydrogen-bond donors (Lipinski definition) is 1. The summed E-state index contributed by atoms with van der Waals surface area (Å²) in [6, 6.07) is -0.0682. The minimum atomic E-state index is -0.278. The van der Waals surface area contributed by atoms with E-state index in [0.717, 1.165) is 18.9 Å². The maximum absolute atomic E-state index is 12.8. The molecule has 2 aliphatic rings. The molecule has 1 aliphatic carbocycles. The van der Waals surface area contributed by atoms with Crippen LogP contribution >= 0.6 is 0 Å². The molecule has 1 heterocycles. The van der Waals surface area contributed by atoms with E-state index in [1.165, 1.54) is 25.7 Å². The minimum absolute atomic E-state index is 0.0682. The fraction of sp³-hybridized carbons (Fsp3) is 0.944. The third-order valence-electron chi connectivity index (χ3n) is 5.21. The van der Waals surface area contributed by atoms with Crippen LogP contribution in [-0.2, 0) is 14.3 Å². The van der Waals surface area contributed by atoms with Crippen LogP contribution in [0.15, 0.2) is 0 Å². The second-order valence-corrected chi connectivity index (χ2v) is 8.15. The third kappa shape index (κ3) is 5.16. The molecule has 2 fully saturated rings. The van der Waals surface area contributed by atoms with E-state index in [9.17, 15) is 4.79 Å². The quantitative estimate of drug-likeness (QED) is 0.788. The van der Waals surface area contributed by atoms with E-state index in [1.54, 1.807) is 14.2 Å².